The number of carbonyl (C=O) groups excluding carboxylic acids is 1. The summed E-state index contributed by atoms with van der Waals surface area (Å²) in [7, 11) is 0. The summed E-state index contributed by atoms with van der Waals surface area (Å²) in [6.45, 7) is 0.0412. The molecule has 2 rings (SSSR count). The SMILES string of the molecule is NC(CO)c1noc(CNC(=O)N2CCCC2C(=O)O)n1. The Balaban J connectivity index is 1.89. The first-order valence-electron chi connectivity index (χ1n) is 6.49. The zero-order valence-corrected chi connectivity index (χ0v) is 11.2. The van der Waals surface area contributed by atoms with Gasteiger partial charge in [0.05, 0.1) is 19.2 Å². The number of carboxylic acid groups (broad SMARTS) is 1. The Morgan fingerprint density at radius 3 is 3.00 bits per heavy atom. The number of urea groups is 1. The molecule has 0 spiro atoms. The fourth-order valence-electron chi connectivity index (χ4n) is 2.09. The third kappa shape index (κ3) is 3.47. The van der Waals surface area contributed by atoms with Gasteiger partial charge in [-0.1, -0.05) is 5.16 Å². The van der Waals surface area contributed by atoms with Crippen LogP contribution in [-0.2, 0) is 11.3 Å². The number of carboxylic acids is 1. The van der Waals surface area contributed by atoms with Crippen LogP contribution in [0.1, 0.15) is 30.6 Å². The van der Waals surface area contributed by atoms with Gasteiger partial charge in [-0.15, -0.1) is 0 Å². The molecular weight excluding hydrogens is 282 g/mol. The summed E-state index contributed by atoms with van der Waals surface area (Å²) in [5.74, 6) is -0.740. The molecule has 1 fully saturated rings. The number of hydrogen-bond acceptors (Lipinski definition) is 7. The van der Waals surface area contributed by atoms with Crippen molar-refractivity contribution in [3.63, 3.8) is 0 Å². The van der Waals surface area contributed by atoms with Crippen molar-refractivity contribution in [3.8, 4) is 0 Å². The van der Waals surface area contributed by atoms with Gasteiger partial charge in [-0.3, -0.25) is 0 Å². The zero-order valence-electron chi connectivity index (χ0n) is 11.2. The molecule has 21 heavy (non-hydrogen) atoms. The summed E-state index contributed by atoms with van der Waals surface area (Å²) < 4.78 is 4.87. The van der Waals surface area contributed by atoms with Crippen molar-refractivity contribution >= 4 is 12.0 Å². The van der Waals surface area contributed by atoms with Crippen LogP contribution in [0.2, 0.25) is 0 Å². The third-order valence-corrected chi connectivity index (χ3v) is 3.20. The Morgan fingerprint density at radius 2 is 2.33 bits per heavy atom. The molecule has 2 atom stereocenters. The van der Waals surface area contributed by atoms with Crippen LogP contribution in [0.4, 0.5) is 4.79 Å². The highest BCUT2D eigenvalue weighted by Gasteiger charge is 2.33. The Morgan fingerprint density at radius 1 is 1.57 bits per heavy atom. The molecule has 1 aromatic rings. The zero-order chi connectivity index (χ0) is 15.4. The minimum Gasteiger partial charge on any atom is -0.480 e. The minimum atomic E-state index is -1.02. The average Bonchev–Trinajstić information content (AvgIpc) is 3.12. The number of hydrogen-bond donors (Lipinski definition) is 4. The predicted molar refractivity (Wildman–Crippen MR) is 67.9 cm³/mol. The van der Waals surface area contributed by atoms with Gasteiger partial charge in [-0.2, -0.15) is 4.98 Å². The largest absolute Gasteiger partial charge is 0.480 e. The van der Waals surface area contributed by atoms with Crippen LogP contribution >= 0.6 is 0 Å². The van der Waals surface area contributed by atoms with Gasteiger partial charge in [-0.25, -0.2) is 9.59 Å². The van der Waals surface area contributed by atoms with E-state index in [0.717, 1.165) is 0 Å². The van der Waals surface area contributed by atoms with E-state index in [-0.39, 0.29) is 24.9 Å². The summed E-state index contributed by atoms with van der Waals surface area (Å²) in [6.07, 6.45) is 1.10. The van der Waals surface area contributed by atoms with Crippen molar-refractivity contribution in [2.75, 3.05) is 13.2 Å². The maximum absolute atomic E-state index is 11.9. The van der Waals surface area contributed by atoms with Crippen molar-refractivity contribution in [2.24, 2.45) is 5.73 Å². The maximum atomic E-state index is 11.9. The van der Waals surface area contributed by atoms with Crippen LogP contribution in [0.25, 0.3) is 0 Å². The van der Waals surface area contributed by atoms with Crippen molar-refractivity contribution in [1.29, 1.82) is 0 Å². The summed E-state index contributed by atoms with van der Waals surface area (Å²) >= 11 is 0. The monoisotopic (exact) mass is 299 g/mol. The van der Waals surface area contributed by atoms with Crippen molar-refractivity contribution in [2.45, 2.75) is 31.5 Å². The van der Waals surface area contributed by atoms with Gasteiger partial charge in [0.25, 0.3) is 0 Å². The lowest BCUT2D eigenvalue weighted by atomic mass is 10.2. The van der Waals surface area contributed by atoms with Gasteiger partial charge in [0, 0.05) is 6.54 Å². The number of likely N-dealkylation sites (tertiary alicyclic amines) is 1. The molecule has 1 aliphatic heterocycles. The molecule has 0 aliphatic carbocycles. The highest BCUT2D eigenvalue weighted by Crippen LogP contribution is 2.17. The summed E-state index contributed by atoms with van der Waals surface area (Å²) in [5.41, 5.74) is 5.52. The van der Waals surface area contributed by atoms with E-state index in [1.165, 1.54) is 4.90 Å². The molecule has 0 bridgehead atoms. The minimum absolute atomic E-state index is 0.0349. The standard InChI is InChI=1S/C11H17N5O5/c12-6(5-17)9-14-8(21-15-9)4-13-11(20)16-3-1-2-7(16)10(18)19/h6-7,17H,1-5,12H2,(H,13,20)(H,18,19). The third-order valence-electron chi connectivity index (χ3n) is 3.20. The number of rotatable bonds is 5. The molecule has 116 valence electrons. The van der Waals surface area contributed by atoms with E-state index in [0.29, 0.717) is 19.4 Å². The number of aliphatic hydroxyl groups is 1. The van der Waals surface area contributed by atoms with Crippen LogP contribution in [-0.4, -0.2) is 56.4 Å². The number of amides is 2. The Hall–Kier alpha value is -2.20. The lowest BCUT2D eigenvalue weighted by Gasteiger charge is -2.21. The molecule has 2 unspecified atom stereocenters. The number of carbonyl (C=O) groups is 2. The normalized spacial score (nSPS) is 19.5. The van der Waals surface area contributed by atoms with Crippen LogP contribution in [0.5, 0.6) is 0 Å². The number of aromatic nitrogens is 2. The number of nitrogens with zero attached hydrogens (tertiary/aromatic N) is 3. The van der Waals surface area contributed by atoms with E-state index in [1.54, 1.807) is 0 Å². The maximum Gasteiger partial charge on any atom is 0.326 e. The van der Waals surface area contributed by atoms with Crippen molar-refractivity contribution < 1.29 is 24.3 Å². The molecular formula is C11H17N5O5. The van der Waals surface area contributed by atoms with E-state index >= 15 is 0 Å². The van der Waals surface area contributed by atoms with Crippen LogP contribution in [0.3, 0.4) is 0 Å². The molecule has 1 aromatic heterocycles. The van der Waals surface area contributed by atoms with E-state index in [1.807, 2.05) is 0 Å². The first-order valence-corrected chi connectivity index (χ1v) is 6.49. The van der Waals surface area contributed by atoms with Crippen molar-refractivity contribution in [3.05, 3.63) is 11.7 Å². The highest BCUT2D eigenvalue weighted by atomic mass is 16.5. The molecule has 0 saturated carbocycles. The predicted octanol–water partition coefficient (Wildman–Crippen LogP) is -1.18. The molecule has 2 amide bonds. The summed E-state index contributed by atoms with van der Waals surface area (Å²) in [6, 6.07) is -2.04. The van der Waals surface area contributed by atoms with Gasteiger partial charge < -0.3 is 30.7 Å². The summed E-state index contributed by atoms with van der Waals surface area (Å²) in [5, 5.41) is 24.0. The molecule has 5 N–H and O–H groups in total. The van der Waals surface area contributed by atoms with Crippen molar-refractivity contribution in [1.82, 2.24) is 20.4 Å². The van der Waals surface area contributed by atoms with Gasteiger partial charge in [0.15, 0.2) is 5.82 Å². The topological polar surface area (TPSA) is 155 Å². The molecule has 0 radical (unpaired) electrons. The first-order chi connectivity index (χ1) is 10.0. The Bertz CT molecular complexity index is 519. The number of nitrogens with two attached hydrogens (primary N) is 1. The fraction of sp³-hybridized carbons (Fsp3) is 0.636. The molecule has 2 heterocycles. The van der Waals surface area contributed by atoms with Gasteiger partial charge in [-0.05, 0) is 12.8 Å². The lowest BCUT2D eigenvalue weighted by molar-refractivity contribution is -0.141. The molecule has 10 nitrogen and oxygen atoms in total. The molecule has 1 aliphatic rings. The first kappa shape index (κ1) is 15.2. The van der Waals surface area contributed by atoms with Gasteiger partial charge in [0.2, 0.25) is 5.89 Å². The van der Waals surface area contributed by atoms with Crippen LogP contribution in [0, 0.1) is 0 Å². The fourth-order valence-corrected chi connectivity index (χ4v) is 2.09. The quantitative estimate of drug-likeness (QED) is 0.529. The summed E-state index contributed by atoms with van der Waals surface area (Å²) in [4.78, 5) is 28.1. The van der Waals surface area contributed by atoms with Gasteiger partial charge in [0.1, 0.15) is 6.04 Å². The number of aliphatic carboxylic acids is 1. The second-order valence-electron chi connectivity index (χ2n) is 4.68. The van der Waals surface area contributed by atoms with E-state index < -0.39 is 24.1 Å². The van der Waals surface area contributed by atoms with Crippen LogP contribution < -0.4 is 11.1 Å². The lowest BCUT2D eigenvalue weighted by Crippen LogP contribution is -2.45. The smallest absolute Gasteiger partial charge is 0.326 e. The van der Waals surface area contributed by atoms with E-state index in [4.69, 9.17) is 20.5 Å². The Kier molecular flexibility index (Phi) is 4.70. The Labute approximate surface area is 119 Å². The van der Waals surface area contributed by atoms with E-state index in [2.05, 4.69) is 15.5 Å². The van der Waals surface area contributed by atoms with Crippen LogP contribution in [0.15, 0.2) is 4.52 Å². The highest BCUT2D eigenvalue weighted by molar-refractivity contribution is 5.83. The molecule has 0 aromatic carbocycles. The molecule has 1 saturated heterocycles. The molecule has 10 heteroatoms. The second-order valence-corrected chi connectivity index (χ2v) is 4.68. The number of nitrogens with one attached hydrogen (secondary N) is 1. The van der Waals surface area contributed by atoms with E-state index in [9.17, 15) is 9.59 Å². The number of aliphatic hydroxyl groups excluding tert-OH is 1. The van der Waals surface area contributed by atoms with Gasteiger partial charge >= 0.3 is 12.0 Å². The average molecular weight is 299 g/mol. The second kappa shape index (κ2) is 6.50.